The molecular formula is C16H10Cl2N2O2S. The summed E-state index contributed by atoms with van der Waals surface area (Å²) in [6, 6.07) is 11.6. The van der Waals surface area contributed by atoms with E-state index in [-0.39, 0.29) is 11.7 Å². The number of carbonyl (C=O) groups excluding carboxylic acids is 1. The summed E-state index contributed by atoms with van der Waals surface area (Å²) in [5.74, 6) is -0.0422. The van der Waals surface area contributed by atoms with E-state index in [1.165, 1.54) is 11.8 Å². The highest BCUT2D eigenvalue weighted by molar-refractivity contribution is 8.18. The standard InChI is InChI=1S/C16H10Cl2N2O2S/c17-12-6-3-10(8-13(12)18)19-16-20-15(22)14(23-16)7-9-1-4-11(21)5-2-9/h1-8,21H,(H,19,20,22)/b14-7+. The lowest BCUT2D eigenvalue weighted by Crippen LogP contribution is -2.19. The van der Waals surface area contributed by atoms with Gasteiger partial charge in [0.25, 0.3) is 5.91 Å². The van der Waals surface area contributed by atoms with Crippen LogP contribution in [0.5, 0.6) is 5.75 Å². The second-order valence-electron chi connectivity index (χ2n) is 4.67. The molecule has 0 saturated carbocycles. The van der Waals surface area contributed by atoms with Gasteiger partial charge in [0.1, 0.15) is 5.75 Å². The molecule has 1 amide bonds. The highest BCUT2D eigenvalue weighted by Crippen LogP contribution is 2.31. The van der Waals surface area contributed by atoms with Gasteiger partial charge in [-0.15, -0.1) is 0 Å². The van der Waals surface area contributed by atoms with Crippen molar-refractivity contribution < 1.29 is 9.90 Å². The summed E-state index contributed by atoms with van der Waals surface area (Å²) in [5, 5.41) is 13.3. The van der Waals surface area contributed by atoms with E-state index in [1.807, 2.05) is 0 Å². The molecule has 2 aromatic carbocycles. The fraction of sp³-hybridized carbons (Fsp3) is 0. The van der Waals surface area contributed by atoms with Gasteiger partial charge in [0.15, 0.2) is 5.17 Å². The largest absolute Gasteiger partial charge is 0.508 e. The molecule has 3 rings (SSSR count). The van der Waals surface area contributed by atoms with Crippen LogP contribution < -0.4 is 5.32 Å². The lowest BCUT2D eigenvalue weighted by Gasteiger charge is -1.99. The molecule has 0 unspecified atom stereocenters. The van der Waals surface area contributed by atoms with Crippen LogP contribution in [0.1, 0.15) is 5.56 Å². The average molecular weight is 365 g/mol. The number of amidine groups is 1. The van der Waals surface area contributed by atoms with E-state index >= 15 is 0 Å². The molecule has 0 aliphatic carbocycles. The smallest absolute Gasteiger partial charge is 0.264 e. The van der Waals surface area contributed by atoms with Crippen molar-refractivity contribution in [2.75, 3.05) is 0 Å². The summed E-state index contributed by atoms with van der Waals surface area (Å²) in [6.45, 7) is 0. The van der Waals surface area contributed by atoms with Crippen LogP contribution in [0.2, 0.25) is 10.0 Å². The third kappa shape index (κ3) is 3.88. The van der Waals surface area contributed by atoms with E-state index in [9.17, 15) is 9.90 Å². The molecule has 23 heavy (non-hydrogen) atoms. The Hall–Kier alpha value is -1.95. The summed E-state index contributed by atoms with van der Waals surface area (Å²) in [5.41, 5.74) is 1.42. The molecule has 0 radical (unpaired) electrons. The SMILES string of the molecule is O=C1NC(=Nc2ccc(Cl)c(Cl)c2)S/C1=C/c1ccc(O)cc1. The van der Waals surface area contributed by atoms with Crippen molar-refractivity contribution in [1.29, 1.82) is 0 Å². The van der Waals surface area contributed by atoms with Crippen molar-refractivity contribution in [3.8, 4) is 5.75 Å². The Morgan fingerprint density at radius 2 is 1.83 bits per heavy atom. The molecule has 116 valence electrons. The third-order valence-corrected chi connectivity index (χ3v) is 4.62. The van der Waals surface area contributed by atoms with E-state index in [0.717, 1.165) is 5.56 Å². The van der Waals surface area contributed by atoms with Gasteiger partial charge in [0.05, 0.1) is 20.6 Å². The summed E-state index contributed by atoms with van der Waals surface area (Å²) < 4.78 is 0. The number of aliphatic imine (C=N–C) groups is 1. The number of benzene rings is 2. The maximum absolute atomic E-state index is 12.0. The average Bonchev–Trinajstić information content (AvgIpc) is 2.85. The van der Waals surface area contributed by atoms with E-state index in [1.54, 1.807) is 48.5 Å². The van der Waals surface area contributed by atoms with Crippen molar-refractivity contribution in [3.63, 3.8) is 0 Å². The van der Waals surface area contributed by atoms with E-state index in [2.05, 4.69) is 10.3 Å². The van der Waals surface area contributed by atoms with Gasteiger partial charge in [-0.05, 0) is 53.7 Å². The van der Waals surface area contributed by atoms with E-state index in [0.29, 0.717) is 25.8 Å². The molecule has 7 heteroatoms. The number of phenols is 1. The number of nitrogens with one attached hydrogen (secondary N) is 1. The molecule has 1 fully saturated rings. The number of halogens is 2. The van der Waals surface area contributed by atoms with Crippen molar-refractivity contribution >= 4 is 57.8 Å². The van der Waals surface area contributed by atoms with Gasteiger partial charge >= 0.3 is 0 Å². The predicted octanol–water partition coefficient (Wildman–Crippen LogP) is 4.59. The minimum absolute atomic E-state index is 0.178. The monoisotopic (exact) mass is 364 g/mol. The summed E-state index contributed by atoms with van der Waals surface area (Å²) in [6.07, 6.45) is 1.73. The molecule has 2 aromatic rings. The number of hydrogen-bond donors (Lipinski definition) is 2. The quantitative estimate of drug-likeness (QED) is 0.766. The first kappa shape index (κ1) is 15.9. The zero-order chi connectivity index (χ0) is 16.4. The van der Waals surface area contributed by atoms with E-state index < -0.39 is 0 Å². The normalized spacial score (nSPS) is 17.7. The Labute approximate surface area is 146 Å². The Morgan fingerprint density at radius 1 is 1.09 bits per heavy atom. The van der Waals surface area contributed by atoms with Crippen LogP contribution in [0.15, 0.2) is 52.4 Å². The van der Waals surface area contributed by atoms with Gasteiger partial charge in [0.2, 0.25) is 0 Å². The van der Waals surface area contributed by atoms with Gasteiger partial charge in [-0.25, -0.2) is 4.99 Å². The fourth-order valence-electron chi connectivity index (χ4n) is 1.87. The molecule has 0 aromatic heterocycles. The molecular weight excluding hydrogens is 355 g/mol. The number of hydrogen-bond acceptors (Lipinski definition) is 4. The number of rotatable bonds is 2. The van der Waals surface area contributed by atoms with Crippen LogP contribution >= 0.6 is 35.0 Å². The van der Waals surface area contributed by atoms with E-state index in [4.69, 9.17) is 23.2 Å². The van der Waals surface area contributed by atoms with Gasteiger partial charge in [-0.1, -0.05) is 35.3 Å². The minimum Gasteiger partial charge on any atom is -0.508 e. The zero-order valence-electron chi connectivity index (χ0n) is 11.6. The first-order valence-electron chi connectivity index (χ1n) is 6.55. The lowest BCUT2D eigenvalue weighted by molar-refractivity contribution is -0.115. The first-order chi connectivity index (χ1) is 11.0. The van der Waals surface area contributed by atoms with Gasteiger partial charge in [0, 0.05) is 0 Å². The number of phenolic OH excluding ortho intramolecular Hbond substituents is 1. The van der Waals surface area contributed by atoms with Crippen LogP contribution in [0.3, 0.4) is 0 Å². The molecule has 0 bridgehead atoms. The summed E-state index contributed by atoms with van der Waals surface area (Å²) in [4.78, 5) is 16.9. The Bertz CT molecular complexity index is 832. The minimum atomic E-state index is -0.220. The number of carbonyl (C=O) groups is 1. The second kappa shape index (κ2) is 6.66. The fourth-order valence-corrected chi connectivity index (χ4v) is 3.01. The maximum Gasteiger partial charge on any atom is 0.264 e. The topological polar surface area (TPSA) is 61.7 Å². The Kier molecular flexibility index (Phi) is 4.61. The predicted molar refractivity (Wildman–Crippen MR) is 95.4 cm³/mol. The van der Waals surface area contributed by atoms with Gasteiger partial charge < -0.3 is 10.4 Å². The first-order valence-corrected chi connectivity index (χ1v) is 8.12. The van der Waals surface area contributed by atoms with Crippen molar-refractivity contribution in [1.82, 2.24) is 5.32 Å². The molecule has 1 aliphatic heterocycles. The Balaban J connectivity index is 1.82. The number of thioether (sulfide) groups is 1. The number of nitrogens with zero attached hydrogens (tertiary/aromatic N) is 1. The Morgan fingerprint density at radius 3 is 2.52 bits per heavy atom. The molecule has 2 N–H and O–H groups in total. The van der Waals surface area contributed by atoms with Crippen molar-refractivity contribution in [2.24, 2.45) is 4.99 Å². The van der Waals surface area contributed by atoms with Crippen LogP contribution in [0, 0.1) is 0 Å². The molecule has 4 nitrogen and oxygen atoms in total. The zero-order valence-corrected chi connectivity index (χ0v) is 13.9. The van der Waals surface area contributed by atoms with Crippen LogP contribution in [-0.4, -0.2) is 16.2 Å². The summed E-state index contributed by atoms with van der Waals surface area (Å²) >= 11 is 13.0. The molecule has 0 spiro atoms. The highest BCUT2D eigenvalue weighted by Gasteiger charge is 2.23. The molecule has 0 atom stereocenters. The van der Waals surface area contributed by atoms with Crippen LogP contribution in [0.25, 0.3) is 6.08 Å². The van der Waals surface area contributed by atoms with Crippen molar-refractivity contribution in [2.45, 2.75) is 0 Å². The highest BCUT2D eigenvalue weighted by atomic mass is 35.5. The lowest BCUT2D eigenvalue weighted by atomic mass is 10.2. The van der Waals surface area contributed by atoms with Gasteiger partial charge in [-0.2, -0.15) is 0 Å². The number of amides is 1. The molecule has 1 saturated heterocycles. The third-order valence-electron chi connectivity index (χ3n) is 2.98. The van der Waals surface area contributed by atoms with Gasteiger partial charge in [-0.3, -0.25) is 4.79 Å². The molecule has 1 aliphatic rings. The molecule has 1 heterocycles. The summed E-state index contributed by atoms with van der Waals surface area (Å²) in [7, 11) is 0. The van der Waals surface area contributed by atoms with Crippen molar-refractivity contribution in [3.05, 3.63) is 63.0 Å². The van der Waals surface area contributed by atoms with Crippen LogP contribution in [-0.2, 0) is 4.79 Å². The van der Waals surface area contributed by atoms with Crippen LogP contribution in [0.4, 0.5) is 5.69 Å². The maximum atomic E-state index is 12.0. The number of aromatic hydroxyl groups is 1. The second-order valence-corrected chi connectivity index (χ2v) is 6.52.